The molecule has 0 aliphatic rings. The molecule has 0 aromatic heterocycles. The monoisotopic (exact) mass is 1220 g/mol. The molecule has 10 heteroatoms. The third-order valence-electron chi connectivity index (χ3n) is 16.9. The Balaban J connectivity index is 3.91. The van der Waals surface area contributed by atoms with Gasteiger partial charge in [-0.25, -0.2) is 4.57 Å². The first-order valence-electron chi connectivity index (χ1n) is 37.2. The molecule has 0 aliphatic carbocycles. The van der Waals surface area contributed by atoms with Crippen LogP contribution in [0, 0.1) is 0 Å². The minimum Gasteiger partial charge on any atom is -0.462 e. The van der Waals surface area contributed by atoms with Gasteiger partial charge in [0.1, 0.15) is 19.8 Å². The van der Waals surface area contributed by atoms with Crippen LogP contribution >= 0.6 is 7.82 Å². The van der Waals surface area contributed by atoms with E-state index in [1.165, 1.54) is 289 Å². The summed E-state index contributed by atoms with van der Waals surface area (Å²) in [5.41, 5.74) is 0. The van der Waals surface area contributed by atoms with Crippen LogP contribution in [0.2, 0.25) is 0 Å². The molecule has 2 unspecified atom stereocenters. The molecule has 0 aromatic rings. The standard InChI is InChI=1S/C75H144NO8P/c1-6-8-10-12-14-16-18-20-22-24-26-28-30-31-32-33-34-35-36-37-38-39-40-41-42-43-44-46-47-49-51-53-55-57-59-61-63-65-67-74(77)81-71-73(72-83-85(79,80)82-70-69-76(3,4)5)84-75(78)68-66-64-62-60-58-56-54-52-50-48-45-29-27-25-23-21-19-17-15-13-11-9-7-2/h19,21,25,27,45,48,73H,6-18,20,22-24,26,28-44,46-47,49-72H2,1-5H3/p+1/b21-19-,27-25-,48-45-. The van der Waals surface area contributed by atoms with E-state index in [4.69, 9.17) is 18.5 Å². The van der Waals surface area contributed by atoms with Crippen molar-refractivity contribution in [1.82, 2.24) is 0 Å². The molecule has 502 valence electrons. The van der Waals surface area contributed by atoms with Gasteiger partial charge in [0.15, 0.2) is 6.10 Å². The lowest BCUT2D eigenvalue weighted by Crippen LogP contribution is -2.37. The van der Waals surface area contributed by atoms with E-state index in [-0.39, 0.29) is 25.6 Å². The zero-order chi connectivity index (χ0) is 61.9. The number of rotatable bonds is 70. The van der Waals surface area contributed by atoms with E-state index in [9.17, 15) is 19.0 Å². The molecule has 0 saturated heterocycles. The van der Waals surface area contributed by atoms with E-state index >= 15 is 0 Å². The summed E-state index contributed by atoms with van der Waals surface area (Å²) in [5, 5.41) is 0. The number of phosphoric acid groups is 1. The lowest BCUT2D eigenvalue weighted by Gasteiger charge is -2.24. The minimum atomic E-state index is -4.39. The number of hydrogen-bond donors (Lipinski definition) is 1. The van der Waals surface area contributed by atoms with E-state index in [0.29, 0.717) is 23.9 Å². The van der Waals surface area contributed by atoms with Gasteiger partial charge in [-0.3, -0.25) is 18.6 Å². The summed E-state index contributed by atoms with van der Waals surface area (Å²) in [7, 11) is 1.49. The van der Waals surface area contributed by atoms with E-state index in [1.54, 1.807) is 0 Å². The molecular formula is C75H145NO8P+. The topological polar surface area (TPSA) is 108 Å². The van der Waals surface area contributed by atoms with Crippen molar-refractivity contribution in [2.24, 2.45) is 0 Å². The molecule has 0 bridgehead atoms. The van der Waals surface area contributed by atoms with Crippen LogP contribution in [0.4, 0.5) is 0 Å². The number of allylic oxidation sites excluding steroid dienone is 6. The lowest BCUT2D eigenvalue weighted by molar-refractivity contribution is -0.870. The fourth-order valence-electron chi connectivity index (χ4n) is 11.2. The number of carbonyl (C=O) groups excluding carboxylic acids is 2. The summed E-state index contributed by atoms with van der Waals surface area (Å²) in [6.07, 6.45) is 85.7. The van der Waals surface area contributed by atoms with Crippen LogP contribution in [0.5, 0.6) is 0 Å². The van der Waals surface area contributed by atoms with Crippen LogP contribution in [-0.4, -0.2) is 74.9 Å². The van der Waals surface area contributed by atoms with Crippen LogP contribution < -0.4 is 0 Å². The first-order valence-corrected chi connectivity index (χ1v) is 38.7. The number of phosphoric ester groups is 1. The van der Waals surface area contributed by atoms with Gasteiger partial charge in [-0.15, -0.1) is 0 Å². The molecule has 0 amide bonds. The highest BCUT2D eigenvalue weighted by Crippen LogP contribution is 2.43. The van der Waals surface area contributed by atoms with Crippen molar-refractivity contribution in [3.63, 3.8) is 0 Å². The average Bonchev–Trinajstić information content (AvgIpc) is 3.50. The van der Waals surface area contributed by atoms with Gasteiger partial charge in [-0.1, -0.05) is 352 Å². The predicted molar refractivity (Wildman–Crippen MR) is 367 cm³/mol. The van der Waals surface area contributed by atoms with Gasteiger partial charge >= 0.3 is 19.8 Å². The van der Waals surface area contributed by atoms with E-state index < -0.39 is 26.5 Å². The predicted octanol–water partition coefficient (Wildman–Crippen LogP) is 24.2. The highest BCUT2D eigenvalue weighted by molar-refractivity contribution is 7.47. The third-order valence-corrected chi connectivity index (χ3v) is 17.9. The van der Waals surface area contributed by atoms with Crippen LogP contribution in [0.3, 0.4) is 0 Å². The number of esters is 2. The van der Waals surface area contributed by atoms with Crippen LogP contribution in [0.15, 0.2) is 36.5 Å². The van der Waals surface area contributed by atoms with E-state index in [2.05, 4.69) is 50.3 Å². The normalized spacial score (nSPS) is 13.2. The second-order valence-electron chi connectivity index (χ2n) is 26.7. The molecule has 0 saturated carbocycles. The number of hydrogen-bond acceptors (Lipinski definition) is 7. The average molecular weight is 1220 g/mol. The Morgan fingerprint density at radius 1 is 0.365 bits per heavy atom. The highest BCUT2D eigenvalue weighted by Gasteiger charge is 2.27. The number of unbranched alkanes of at least 4 members (excludes halogenated alkanes) is 50. The molecule has 0 aromatic carbocycles. The summed E-state index contributed by atoms with van der Waals surface area (Å²) in [4.78, 5) is 35.9. The fourth-order valence-corrected chi connectivity index (χ4v) is 11.9. The number of nitrogens with zero attached hydrogens (tertiary/aromatic N) is 1. The SMILES string of the molecule is CCCCCCC/C=C\C/C=C\C/C=C\CCCCCCCCCCC(=O)OC(COC(=O)CCCCCCCCCCCCCCCCCCCCCCCCCCCCCCCCCCCCCCCC)COP(=O)(O)OCC[N+](C)(C)C. The Morgan fingerprint density at radius 3 is 0.941 bits per heavy atom. The van der Waals surface area contributed by atoms with Gasteiger partial charge in [-0.2, -0.15) is 0 Å². The van der Waals surface area contributed by atoms with Gasteiger partial charge in [0.25, 0.3) is 0 Å². The smallest absolute Gasteiger partial charge is 0.462 e. The van der Waals surface area contributed by atoms with Crippen molar-refractivity contribution in [3.8, 4) is 0 Å². The maximum atomic E-state index is 12.9. The molecule has 0 spiro atoms. The summed E-state index contributed by atoms with van der Waals surface area (Å²) in [6, 6.07) is 0. The third kappa shape index (κ3) is 71.2. The second kappa shape index (κ2) is 66.6. The van der Waals surface area contributed by atoms with Gasteiger partial charge < -0.3 is 18.9 Å². The number of likely N-dealkylation sites (N-methyl/N-ethyl adjacent to an activating group) is 1. The molecule has 0 rings (SSSR count). The molecule has 0 aliphatic heterocycles. The number of carbonyl (C=O) groups is 2. The van der Waals surface area contributed by atoms with E-state index in [0.717, 1.165) is 57.8 Å². The molecule has 0 heterocycles. The summed E-state index contributed by atoms with van der Waals surface area (Å²) in [6.45, 7) is 4.48. The van der Waals surface area contributed by atoms with Crippen molar-refractivity contribution in [2.45, 2.75) is 386 Å². The Labute approximate surface area is 529 Å². The van der Waals surface area contributed by atoms with Crippen LogP contribution in [-0.2, 0) is 32.7 Å². The van der Waals surface area contributed by atoms with Crippen LogP contribution in [0.25, 0.3) is 0 Å². The largest absolute Gasteiger partial charge is 0.472 e. The van der Waals surface area contributed by atoms with Crippen molar-refractivity contribution >= 4 is 19.8 Å². The van der Waals surface area contributed by atoms with Crippen molar-refractivity contribution in [1.29, 1.82) is 0 Å². The quantitative estimate of drug-likeness (QED) is 0.0211. The summed E-state index contributed by atoms with van der Waals surface area (Å²) in [5.74, 6) is -0.787. The Hall–Kier alpha value is -1.77. The zero-order valence-electron chi connectivity index (χ0n) is 57.4. The van der Waals surface area contributed by atoms with Crippen molar-refractivity contribution in [2.75, 3.05) is 47.5 Å². The van der Waals surface area contributed by atoms with Gasteiger partial charge in [0.05, 0.1) is 27.7 Å². The van der Waals surface area contributed by atoms with Gasteiger partial charge in [0, 0.05) is 12.8 Å². The molecule has 9 nitrogen and oxygen atoms in total. The lowest BCUT2D eigenvalue weighted by atomic mass is 10.0. The molecule has 85 heavy (non-hydrogen) atoms. The summed E-state index contributed by atoms with van der Waals surface area (Å²) >= 11 is 0. The minimum absolute atomic E-state index is 0.0316. The Kier molecular flexibility index (Phi) is 65.3. The first-order chi connectivity index (χ1) is 41.5. The second-order valence-corrected chi connectivity index (χ2v) is 28.1. The maximum Gasteiger partial charge on any atom is 0.472 e. The maximum absolute atomic E-state index is 12.9. The fraction of sp³-hybridized carbons (Fsp3) is 0.893. The zero-order valence-corrected chi connectivity index (χ0v) is 58.3. The Morgan fingerprint density at radius 2 is 0.635 bits per heavy atom. The first kappa shape index (κ1) is 83.2. The number of ether oxygens (including phenoxy) is 2. The Bertz CT molecular complexity index is 1530. The van der Waals surface area contributed by atoms with E-state index in [1.807, 2.05) is 21.1 Å². The molecule has 2 atom stereocenters. The van der Waals surface area contributed by atoms with Crippen molar-refractivity contribution < 1.29 is 42.1 Å². The number of quaternary nitrogens is 1. The highest BCUT2D eigenvalue weighted by atomic mass is 31.2. The molecule has 0 radical (unpaired) electrons. The van der Waals surface area contributed by atoms with Gasteiger partial charge in [0.2, 0.25) is 0 Å². The molecular weight excluding hydrogens is 1070 g/mol. The van der Waals surface area contributed by atoms with Crippen LogP contribution in [0.1, 0.15) is 380 Å². The summed E-state index contributed by atoms with van der Waals surface area (Å²) < 4.78 is 34.7. The molecule has 1 N–H and O–H groups in total. The van der Waals surface area contributed by atoms with Crippen molar-refractivity contribution in [3.05, 3.63) is 36.5 Å². The van der Waals surface area contributed by atoms with Gasteiger partial charge in [-0.05, 0) is 51.4 Å². The molecule has 0 fully saturated rings.